The SMILES string of the molecule is NC(=O)c1c(NC(=O)c2ccc(Cl)c(Cl)c2)sc2c1CCCC2. The van der Waals surface area contributed by atoms with Gasteiger partial charge in [0.2, 0.25) is 0 Å². The van der Waals surface area contributed by atoms with Crippen molar-refractivity contribution in [2.24, 2.45) is 5.73 Å². The van der Waals surface area contributed by atoms with Crippen molar-refractivity contribution in [2.45, 2.75) is 25.7 Å². The highest BCUT2D eigenvalue weighted by atomic mass is 35.5. The molecule has 1 aromatic heterocycles. The Kier molecular flexibility index (Phi) is 4.62. The number of fused-ring (bicyclic) bond motifs is 1. The molecule has 0 saturated heterocycles. The molecule has 3 N–H and O–H groups in total. The molecule has 1 heterocycles. The van der Waals surface area contributed by atoms with Gasteiger partial charge in [-0.3, -0.25) is 9.59 Å². The molecule has 0 fully saturated rings. The number of amides is 2. The average Bonchev–Trinajstić information content (AvgIpc) is 2.87. The standard InChI is InChI=1S/C16H14Cl2N2O2S/c17-10-6-5-8(7-11(10)18)15(22)20-16-13(14(19)21)9-3-1-2-4-12(9)23-16/h5-7H,1-4H2,(H2,19,21)(H,20,22). The smallest absolute Gasteiger partial charge is 0.256 e. The lowest BCUT2D eigenvalue weighted by Crippen LogP contribution is -2.18. The summed E-state index contributed by atoms with van der Waals surface area (Å²) in [6.45, 7) is 0. The second kappa shape index (κ2) is 6.51. The minimum atomic E-state index is -0.506. The maximum atomic E-state index is 12.4. The summed E-state index contributed by atoms with van der Waals surface area (Å²) < 4.78 is 0. The lowest BCUT2D eigenvalue weighted by molar-refractivity contribution is 0.100. The Labute approximate surface area is 147 Å². The van der Waals surface area contributed by atoms with Gasteiger partial charge >= 0.3 is 0 Å². The molecule has 2 aromatic rings. The number of carbonyl (C=O) groups excluding carboxylic acids is 2. The highest BCUT2D eigenvalue weighted by Crippen LogP contribution is 2.38. The number of rotatable bonds is 3. The van der Waals surface area contributed by atoms with Crippen molar-refractivity contribution in [1.82, 2.24) is 0 Å². The van der Waals surface area contributed by atoms with E-state index in [0.717, 1.165) is 36.1 Å². The van der Waals surface area contributed by atoms with Crippen molar-refractivity contribution >= 4 is 51.4 Å². The van der Waals surface area contributed by atoms with E-state index in [4.69, 9.17) is 28.9 Å². The Morgan fingerprint density at radius 2 is 1.87 bits per heavy atom. The number of halogens is 2. The van der Waals surface area contributed by atoms with Crippen LogP contribution >= 0.6 is 34.5 Å². The highest BCUT2D eigenvalue weighted by Gasteiger charge is 2.25. The number of thiophene rings is 1. The van der Waals surface area contributed by atoms with Crippen LogP contribution < -0.4 is 11.1 Å². The summed E-state index contributed by atoms with van der Waals surface area (Å²) in [5.41, 5.74) is 7.32. The van der Waals surface area contributed by atoms with Crippen LogP contribution in [0.2, 0.25) is 10.0 Å². The Morgan fingerprint density at radius 3 is 2.57 bits per heavy atom. The minimum Gasteiger partial charge on any atom is -0.365 e. The number of hydrogen-bond acceptors (Lipinski definition) is 3. The van der Waals surface area contributed by atoms with E-state index in [2.05, 4.69) is 5.32 Å². The maximum absolute atomic E-state index is 12.4. The topological polar surface area (TPSA) is 72.2 Å². The van der Waals surface area contributed by atoms with Gasteiger partial charge < -0.3 is 11.1 Å². The zero-order valence-corrected chi connectivity index (χ0v) is 14.4. The van der Waals surface area contributed by atoms with Crippen molar-refractivity contribution in [3.05, 3.63) is 49.8 Å². The first-order chi connectivity index (χ1) is 11.0. The van der Waals surface area contributed by atoms with Crippen LogP contribution in [0.3, 0.4) is 0 Å². The Morgan fingerprint density at radius 1 is 1.13 bits per heavy atom. The first kappa shape index (κ1) is 16.3. The number of nitrogens with two attached hydrogens (primary N) is 1. The number of hydrogen-bond donors (Lipinski definition) is 2. The molecular weight excluding hydrogens is 355 g/mol. The molecule has 0 saturated carbocycles. The normalized spacial score (nSPS) is 13.5. The summed E-state index contributed by atoms with van der Waals surface area (Å²) in [5.74, 6) is -0.849. The van der Waals surface area contributed by atoms with E-state index in [1.807, 2.05) is 0 Å². The van der Waals surface area contributed by atoms with Gasteiger partial charge in [-0.15, -0.1) is 11.3 Å². The third-order valence-electron chi connectivity index (χ3n) is 3.83. The lowest BCUT2D eigenvalue weighted by Gasteiger charge is -2.11. The van der Waals surface area contributed by atoms with Crippen LogP contribution in [0.5, 0.6) is 0 Å². The Balaban J connectivity index is 1.93. The first-order valence-electron chi connectivity index (χ1n) is 7.18. The Hall–Kier alpha value is -1.56. The number of benzene rings is 1. The molecule has 0 unspecified atom stereocenters. The number of anilines is 1. The summed E-state index contributed by atoms with van der Waals surface area (Å²) in [6, 6.07) is 4.64. The van der Waals surface area contributed by atoms with Crippen LogP contribution in [0.25, 0.3) is 0 Å². The molecule has 2 amide bonds. The molecule has 0 aliphatic heterocycles. The highest BCUT2D eigenvalue weighted by molar-refractivity contribution is 7.17. The average molecular weight is 369 g/mol. The number of nitrogens with one attached hydrogen (secondary N) is 1. The largest absolute Gasteiger partial charge is 0.365 e. The van der Waals surface area contributed by atoms with E-state index in [-0.39, 0.29) is 5.91 Å². The van der Waals surface area contributed by atoms with Crippen molar-refractivity contribution in [1.29, 1.82) is 0 Å². The second-order valence-electron chi connectivity index (χ2n) is 5.36. The monoisotopic (exact) mass is 368 g/mol. The molecule has 23 heavy (non-hydrogen) atoms. The molecular formula is C16H14Cl2N2O2S. The Bertz CT molecular complexity index is 802. The van der Waals surface area contributed by atoms with Gasteiger partial charge in [0.15, 0.2) is 0 Å². The van der Waals surface area contributed by atoms with E-state index in [9.17, 15) is 9.59 Å². The van der Waals surface area contributed by atoms with Gasteiger partial charge in [0.25, 0.3) is 11.8 Å². The number of aryl methyl sites for hydroxylation is 1. The molecule has 4 nitrogen and oxygen atoms in total. The molecule has 120 valence electrons. The van der Waals surface area contributed by atoms with Gasteiger partial charge in [0, 0.05) is 10.4 Å². The van der Waals surface area contributed by atoms with E-state index in [1.165, 1.54) is 17.4 Å². The fourth-order valence-corrected chi connectivity index (χ4v) is 4.32. The lowest BCUT2D eigenvalue weighted by atomic mass is 9.95. The predicted octanol–water partition coefficient (Wildman–Crippen LogP) is 4.28. The summed E-state index contributed by atoms with van der Waals surface area (Å²) in [7, 11) is 0. The van der Waals surface area contributed by atoms with Crippen molar-refractivity contribution in [3.8, 4) is 0 Å². The third kappa shape index (κ3) is 3.22. The van der Waals surface area contributed by atoms with Gasteiger partial charge in [-0.1, -0.05) is 23.2 Å². The van der Waals surface area contributed by atoms with Gasteiger partial charge in [0.1, 0.15) is 5.00 Å². The molecule has 0 bridgehead atoms. The summed E-state index contributed by atoms with van der Waals surface area (Å²) in [5, 5.41) is 3.99. The van der Waals surface area contributed by atoms with Crippen LogP contribution in [-0.4, -0.2) is 11.8 Å². The number of primary amides is 1. The maximum Gasteiger partial charge on any atom is 0.256 e. The minimum absolute atomic E-state index is 0.305. The summed E-state index contributed by atoms with van der Waals surface area (Å²) >= 11 is 13.2. The van der Waals surface area contributed by atoms with Crippen LogP contribution in [0.15, 0.2) is 18.2 Å². The third-order valence-corrected chi connectivity index (χ3v) is 5.77. The first-order valence-corrected chi connectivity index (χ1v) is 8.75. The predicted molar refractivity (Wildman–Crippen MR) is 93.9 cm³/mol. The van der Waals surface area contributed by atoms with Gasteiger partial charge in [-0.2, -0.15) is 0 Å². The quantitative estimate of drug-likeness (QED) is 0.847. The van der Waals surface area contributed by atoms with Crippen molar-refractivity contribution < 1.29 is 9.59 Å². The van der Waals surface area contributed by atoms with E-state index in [0.29, 0.717) is 26.2 Å². The fourth-order valence-electron chi connectivity index (χ4n) is 2.73. The molecule has 1 aliphatic rings. The molecule has 0 atom stereocenters. The van der Waals surface area contributed by atoms with Gasteiger partial charge in [-0.25, -0.2) is 0 Å². The number of carbonyl (C=O) groups is 2. The molecule has 0 radical (unpaired) electrons. The molecule has 7 heteroatoms. The van der Waals surface area contributed by atoms with Crippen LogP contribution in [0, 0.1) is 0 Å². The van der Waals surface area contributed by atoms with E-state index >= 15 is 0 Å². The van der Waals surface area contributed by atoms with Crippen LogP contribution in [-0.2, 0) is 12.8 Å². The summed E-state index contributed by atoms with van der Waals surface area (Å²) in [4.78, 5) is 25.4. The molecule has 1 aliphatic carbocycles. The second-order valence-corrected chi connectivity index (χ2v) is 7.28. The zero-order chi connectivity index (χ0) is 16.6. The fraction of sp³-hybridized carbons (Fsp3) is 0.250. The molecule has 3 rings (SSSR count). The van der Waals surface area contributed by atoms with Crippen molar-refractivity contribution in [2.75, 3.05) is 5.32 Å². The van der Waals surface area contributed by atoms with E-state index in [1.54, 1.807) is 12.1 Å². The van der Waals surface area contributed by atoms with Crippen molar-refractivity contribution in [3.63, 3.8) is 0 Å². The van der Waals surface area contributed by atoms with Crippen LogP contribution in [0.4, 0.5) is 5.00 Å². The van der Waals surface area contributed by atoms with Gasteiger partial charge in [0.05, 0.1) is 15.6 Å². The summed E-state index contributed by atoms with van der Waals surface area (Å²) in [6.07, 6.45) is 3.87. The van der Waals surface area contributed by atoms with Crippen LogP contribution in [0.1, 0.15) is 44.0 Å². The van der Waals surface area contributed by atoms with E-state index < -0.39 is 5.91 Å². The zero-order valence-electron chi connectivity index (χ0n) is 12.1. The molecule has 1 aromatic carbocycles. The molecule has 0 spiro atoms. The van der Waals surface area contributed by atoms with Gasteiger partial charge in [-0.05, 0) is 49.4 Å².